The van der Waals surface area contributed by atoms with Crippen molar-refractivity contribution >= 4 is 6.21 Å². The highest BCUT2D eigenvalue weighted by Crippen LogP contribution is 2.20. The van der Waals surface area contributed by atoms with Crippen LogP contribution in [0.3, 0.4) is 0 Å². The molecule has 0 aliphatic carbocycles. The normalized spacial score (nSPS) is 25.8. The van der Waals surface area contributed by atoms with Gasteiger partial charge in [0.05, 0.1) is 12.4 Å². The van der Waals surface area contributed by atoms with Gasteiger partial charge in [0.15, 0.2) is 0 Å². The smallest absolute Gasteiger partial charge is 0.240 e. The zero-order valence-corrected chi connectivity index (χ0v) is 7.31. The van der Waals surface area contributed by atoms with Crippen molar-refractivity contribution in [2.45, 2.75) is 19.9 Å². The van der Waals surface area contributed by atoms with E-state index in [0.717, 1.165) is 5.70 Å². The fraction of sp³-hybridized carbons (Fsp3) is 0.444. The van der Waals surface area contributed by atoms with E-state index in [0.29, 0.717) is 5.92 Å². The molecule has 3 nitrogen and oxygen atoms in total. The van der Waals surface area contributed by atoms with Crippen molar-refractivity contribution in [2.24, 2.45) is 16.0 Å². The Morgan fingerprint density at radius 2 is 2.33 bits per heavy atom. The maximum Gasteiger partial charge on any atom is 0.240 e. The number of azo groups is 2. The highest BCUT2D eigenvalue weighted by molar-refractivity contribution is 5.67. The Kier molecular flexibility index (Phi) is 1.64. The lowest BCUT2D eigenvalue weighted by atomic mass is 10.1. The summed E-state index contributed by atoms with van der Waals surface area (Å²) in [5.74, 6) is 0.498. The summed E-state index contributed by atoms with van der Waals surface area (Å²) >= 11 is 0. The van der Waals surface area contributed by atoms with Gasteiger partial charge in [0.25, 0.3) is 0 Å². The molecule has 0 fully saturated rings. The highest BCUT2D eigenvalue weighted by Gasteiger charge is 2.27. The van der Waals surface area contributed by atoms with Gasteiger partial charge in [-0.15, -0.1) is 0 Å². The van der Waals surface area contributed by atoms with Crippen LogP contribution in [0.15, 0.2) is 34.3 Å². The van der Waals surface area contributed by atoms with E-state index in [2.05, 4.69) is 30.0 Å². The van der Waals surface area contributed by atoms with Crippen molar-refractivity contribution in [3.05, 3.63) is 24.2 Å². The Labute approximate surface area is 71.8 Å². The summed E-state index contributed by atoms with van der Waals surface area (Å²) in [4.78, 5) is 4.06. The maximum atomic E-state index is 4.43. The predicted octanol–water partition coefficient (Wildman–Crippen LogP) is 1.93. The minimum atomic E-state index is 0.257. The number of allylic oxidation sites excluding steroid dienone is 1. The third-order valence-corrected chi connectivity index (χ3v) is 2.01. The van der Waals surface area contributed by atoms with E-state index < -0.39 is 0 Å². The molecule has 2 rings (SSSR count). The molecule has 1 atom stereocenters. The summed E-state index contributed by atoms with van der Waals surface area (Å²) in [6, 6.07) is 0.257. The minimum absolute atomic E-state index is 0.257. The number of nitrogens with zero attached hydrogens (tertiary/aromatic N) is 3. The van der Waals surface area contributed by atoms with Gasteiger partial charge in [-0.1, -0.05) is 18.5 Å². The van der Waals surface area contributed by atoms with E-state index in [-0.39, 0.29) is 6.04 Å². The van der Waals surface area contributed by atoms with Gasteiger partial charge in [-0.05, 0) is 5.11 Å². The molecule has 0 saturated carbocycles. The van der Waals surface area contributed by atoms with E-state index in [1.807, 2.05) is 17.1 Å². The second-order valence-corrected chi connectivity index (χ2v) is 3.31. The second-order valence-electron chi connectivity index (χ2n) is 3.31. The Bertz CT molecular complexity index is 308. The molecular formula is C9H12N3+. The molecule has 0 aromatic heterocycles. The lowest BCUT2D eigenvalue weighted by molar-refractivity contribution is -0.529. The first-order valence-corrected chi connectivity index (χ1v) is 4.19. The fourth-order valence-electron chi connectivity index (χ4n) is 1.28. The monoisotopic (exact) mass is 162 g/mol. The lowest BCUT2D eigenvalue weighted by Gasteiger charge is -1.96. The molecule has 0 radical (unpaired) electrons. The lowest BCUT2D eigenvalue weighted by Crippen LogP contribution is -2.18. The number of aliphatic imine (C=N–C) groups is 1. The molecule has 0 amide bonds. The van der Waals surface area contributed by atoms with E-state index in [1.54, 1.807) is 6.20 Å². The molecule has 0 spiro atoms. The van der Waals surface area contributed by atoms with Gasteiger partial charge < -0.3 is 0 Å². The second kappa shape index (κ2) is 2.66. The van der Waals surface area contributed by atoms with Crippen LogP contribution in [0.25, 0.3) is 0 Å². The van der Waals surface area contributed by atoms with Crippen molar-refractivity contribution in [1.29, 1.82) is 0 Å². The van der Waals surface area contributed by atoms with Crippen molar-refractivity contribution in [3.8, 4) is 0 Å². The third-order valence-electron chi connectivity index (χ3n) is 2.01. The quantitative estimate of drug-likeness (QED) is 0.527. The van der Waals surface area contributed by atoms with Gasteiger partial charge in [0.2, 0.25) is 12.2 Å². The molecule has 0 saturated heterocycles. The molecule has 12 heavy (non-hydrogen) atoms. The zero-order chi connectivity index (χ0) is 8.55. The van der Waals surface area contributed by atoms with Crippen LogP contribution in [-0.4, -0.2) is 17.0 Å². The van der Waals surface area contributed by atoms with Gasteiger partial charge in [-0.3, -0.25) is 4.99 Å². The molecule has 2 heterocycles. The fourth-order valence-corrected chi connectivity index (χ4v) is 1.28. The van der Waals surface area contributed by atoms with Gasteiger partial charge in [0, 0.05) is 12.0 Å². The van der Waals surface area contributed by atoms with Crippen molar-refractivity contribution < 1.29 is 4.70 Å². The molecule has 3 heteroatoms. The Morgan fingerprint density at radius 3 is 3.00 bits per heavy atom. The molecule has 0 aromatic rings. The largest absolute Gasteiger partial charge is 0.255 e. The van der Waals surface area contributed by atoms with Crippen LogP contribution in [0.2, 0.25) is 0 Å². The van der Waals surface area contributed by atoms with Crippen molar-refractivity contribution in [3.63, 3.8) is 0 Å². The average molecular weight is 162 g/mol. The number of rotatable bonds is 1. The number of hydrogen-bond donors (Lipinski definition) is 0. The van der Waals surface area contributed by atoms with E-state index >= 15 is 0 Å². The van der Waals surface area contributed by atoms with E-state index in [1.165, 1.54) is 0 Å². The predicted molar refractivity (Wildman–Crippen MR) is 47.0 cm³/mol. The Morgan fingerprint density at radius 1 is 1.50 bits per heavy atom. The zero-order valence-electron chi connectivity index (χ0n) is 7.31. The molecule has 0 N–H and O–H groups in total. The summed E-state index contributed by atoms with van der Waals surface area (Å²) in [6.07, 6.45) is 7.71. The summed E-state index contributed by atoms with van der Waals surface area (Å²) in [5, 5.41) is 4.43. The van der Waals surface area contributed by atoms with Crippen LogP contribution in [-0.2, 0) is 0 Å². The summed E-state index contributed by atoms with van der Waals surface area (Å²) in [7, 11) is 0. The molecule has 0 bridgehead atoms. The summed E-state index contributed by atoms with van der Waals surface area (Å²) in [5.41, 5.74) is 1.15. The molecule has 1 unspecified atom stereocenters. The minimum Gasteiger partial charge on any atom is -0.255 e. The molecule has 0 aromatic carbocycles. The summed E-state index contributed by atoms with van der Waals surface area (Å²) < 4.78 is 1.93. The molecule has 2 aliphatic rings. The standard InChI is InChI=1S/C9H12N3/c1-7(2)9-5-8-6-10-3-4-12(8)11-9/h3-8H,1-2H3/q+1. The maximum absolute atomic E-state index is 4.43. The van der Waals surface area contributed by atoms with Gasteiger partial charge in [-0.25, -0.2) is 0 Å². The van der Waals surface area contributed by atoms with Gasteiger partial charge >= 0.3 is 0 Å². The number of hydrogen-bond acceptors (Lipinski definition) is 2. The number of fused-ring (bicyclic) bond motifs is 1. The highest BCUT2D eigenvalue weighted by atomic mass is 15.3. The van der Waals surface area contributed by atoms with E-state index in [4.69, 9.17) is 0 Å². The van der Waals surface area contributed by atoms with Crippen molar-refractivity contribution in [2.75, 3.05) is 0 Å². The van der Waals surface area contributed by atoms with Crippen LogP contribution >= 0.6 is 0 Å². The summed E-state index contributed by atoms with van der Waals surface area (Å²) in [6.45, 7) is 4.29. The van der Waals surface area contributed by atoms with Crippen LogP contribution in [0.4, 0.5) is 0 Å². The molecular weight excluding hydrogens is 150 g/mol. The molecule has 62 valence electrons. The van der Waals surface area contributed by atoms with Crippen LogP contribution in [0, 0.1) is 5.92 Å². The Hall–Kier alpha value is -1.25. The average Bonchev–Trinajstić information content (AvgIpc) is 2.46. The van der Waals surface area contributed by atoms with Crippen molar-refractivity contribution in [1.82, 2.24) is 0 Å². The topological polar surface area (TPSA) is 27.7 Å². The van der Waals surface area contributed by atoms with Gasteiger partial charge in [0.1, 0.15) is 5.70 Å². The first kappa shape index (κ1) is 7.40. The van der Waals surface area contributed by atoms with Crippen LogP contribution in [0.5, 0.6) is 0 Å². The first-order valence-electron chi connectivity index (χ1n) is 4.19. The SMILES string of the molecule is CC(C)C1=CC2C=NC=C[N+]2=N1. The third kappa shape index (κ3) is 1.11. The van der Waals surface area contributed by atoms with Crippen LogP contribution in [0.1, 0.15) is 13.8 Å². The van der Waals surface area contributed by atoms with E-state index in [9.17, 15) is 0 Å². The van der Waals surface area contributed by atoms with Gasteiger partial charge in [-0.2, -0.15) is 0 Å². The Balaban J connectivity index is 2.29. The molecule has 2 aliphatic heterocycles. The van der Waals surface area contributed by atoms with Crippen LogP contribution < -0.4 is 0 Å². The first-order chi connectivity index (χ1) is 5.77.